The van der Waals surface area contributed by atoms with Crippen molar-refractivity contribution in [3.63, 3.8) is 0 Å². The summed E-state index contributed by atoms with van der Waals surface area (Å²) in [5.74, 6) is 1.62. The highest BCUT2D eigenvalue weighted by Crippen LogP contribution is 2.41. The highest BCUT2D eigenvalue weighted by molar-refractivity contribution is 5.83. The number of hydrogen-bond acceptors (Lipinski definition) is 3. The summed E-state index contributed by atoms with van der Waals surface area (Å²) in [4.78, 5) is 17.3. The number of methoxy groups -OCH3 is 1. The lowest BCUT2D eigenvalue weighted by molar-refractivity contribution is -0.120. The minimum Gasteiger partial charge on any atom is -0.493 e. The second kappa shape index (κ2) is 8.89. The summed E-state index contributed by atoms with van der Waals surface area (Å²) in [6, 6.07) is 10.9. The lowest BCUT2D eigenvalue weighted by Gasteiger charge is -2.35. The Bertz CT molecular complexity index is 1110. The molecule has 5 heteroatoms. The van der Waals surface area contributed by atoms with Crippen LogP contribution in [0, 0.1) is 6.92 Å². The maximum absolute atomic E-state index is 11.9. The molecule has 2 aliphatic rings. The molecule has 1 N–H and O–H groups in total. The molecule has 0 spiro atoms. The van der Waals surface area contributed by atoms with Gasteiger partial charge in [0.2, 0.25) is 6.41 Å². The molecule has 168 valence electrons. The van der Waals surface area contributed by atoms with Gasteiger partial charge in [-0.1, -0.05) is 12.1 Å². The minimum absolute atomic E-state index is 0.0449. The molecule has 32 heavy (non-hydrogen) atoms. The van der Waals surface area contributed by atoms with Crippen LogP contribution in [0.5, 0.6) is 11.5 Å². The van der Waals surface area contributed by atoms with Crippen molar-refractivity contribution >= 4 is 17.3 Å². The van der Waals surface area contributed by atoms with Crippen LogP contribution in [0.2, 0.25) is 0 Å². The van der Waals surface area contributed by atoms with E-state index in [0.29, 0.717) is 0 Å². The first kappa shape index (κ1) is 20.9. The number of ether oxygens (including phenoxy) is 2. The van der Waals surface area contributed by atoms with Gasteiger partial charge in [0.1, 0.15) is 0 Å². The van der Waals surface area contributed by atoms with Crippen LogP contribution >= 0.6 is 0 Å². The molecule has 1 amide bonds. The summed E-state index contributed by atoms with van der Waals surface area (Å²) in [6.45, 7) is 2.85. The summed E-state index contributed by atoms with van der Waals surface area (Å²) in [5.41, 5.74) is 6.19. The normalized spacial score (nSPS) is 18.7. The van der Waals surface area contributed by atoms with E-state index < -0.39 is 0 Å². The van der Waals surface area contributed by atoms with Crippen molar-refractivity contribution < 1.29 is 14.3 Å². The van der Waals surface area contributed by atoms with Gasteiger partial charge in [-0.25, -0.2) is 0 Å². The number of amides is 1. The lowest BCUT2D eigenvalue weighted by atomic mass is 9.88. The number of benzene rings is 2. The van der Waals surface area contributed by atoms with Crippen LogP contribution in [0.25, 0.3) is 10.9 Å². The van der Waals surface area contributed by atoms with Gasteiger partial charge in [-0.05, 0) is 92.3 Å². The van der Waals surface area contributed by atoms with Gasteiger partial charge >= 0.3 is 0 Å². The molecule has 5 nitrogen and oxygen atoms in total. The predicted octanol–water partition coefficient (Wildman–Crippen LogP) is 5.49. The minimum atomic E-state index is 0.0449. The third kappa shape index (κ3) is 3.96. The number of nitrogens with zero attached hydrogens (tertiary/aromatic N) is 1. The average Bonchev–Trinajstić information content (AvgIpc) is 3.46. The molecular formula is C27H32N2O3. The smallest absolute Gasteiger partial charge is 0.210 e. The average molecular weight is 433 g/mol. The van der Waals surface area contributed by atoms with Crippen molar-refractivity contribution in [2.45, 2.75) is 64.0 Å². The zero-order valence-corrected chi connectivity index (χ0v) is 19.0. The number of aromatic nitrogens is 1. The van der Waals surface area contributed by atoms with Crippen molar-refractivity contribution in [3.05, 3.63) is 58.8 Å². The van der Waals surface area contributed by atoms with E-state index in [0.717, 1.165) is 56.6 Å². The largest absolute Gasteiger partial charge is 0.493 e. The van der Waals surface area contributed by atoms with E-state index in [1.54, 1.807) is 7.11 Å². The van der Waals surface area contributed by atoms with Crippen LogP contribution in [0.4, 0.5) is 0 Å². The molecule has 0 saturated heterocycles. The van der Waals surface area contributed by atoms with Crippen LogP contribution in [-0.4, -0.2) is 36.1 Å². The van der Waals surface area contributed by atoms with E-state index in [1.165, 1.54) is 46.0 Å². The Labute approximate surface area is 189 Å². The number of carbonyl (C=O) groups excluding carboxylic acids is 1. The van der Waals surface area contributed by atoms with Crippen molar-refractivity contribution in [1.29, 1.82) is 0 Å². The van der Waals surface area contributed by atoms with Gasteiger partial charge in [-0.15, -0.1) is 0 Å². The van der Waals surface area contributed by atoms with E-state index in [4.69, 9.17) is 9.47 Å². The summed E-state index contributed by atoms with van der Waals surface area (Å²) >= 11 is 0. The number of aromatic amines is 1. The lowest BCUT2D eigenvalue weighted by Crippen LogP contribution is -2.34. The van der Waals surface area contributed by atoms with Crippen LogP contribution < -0.4 is 9.47 Å². The molecule has 2 heterocycles. The zero-order chi connectivity index (χ0) is 22.1. The van der Waals surface area contributed by atoms with Gasteiger partial charge < -0.3 is 19.4 Å². The molecule has 0 radical (unpaired) electrons. The first-order valence-corrected chi connectivity index (χ1v) is 11.8. The van der Waals surface area contributed by atoms with Gasteiger partial charge in [-0.2, -0.15) is 0 Å². The molecule has 2 aromatic carbocycles. The maximum atomic E-state index is 11.9. The van der Waals surface area contributed by atoms with Crippen molar-refractivity contribution in [2.75, 3.05) is 13.7 Å². The van der Waals surface area contributed by atoms with E-state index in [1.807, 2.05) is 4.90 Å². The Kier molecular flexibility index (Phi) is 5.81. The van der Waals surface area contributed by atoms with Crippen LogP contribution in [0.3, 0.4) is 0 Å². The monoisotopic (exact) mass is 432 g/mol. The Morgan fingerprint density at radius 2 is 2.00 bits per heavy atom. The van der Waals surface area contributed by atoms with E-state index in [2.05, 4.69) is 48.4 Å². The van der Waals surface area contributed by atoms with Crippen LogP contribution in [-0.2, 0) is 17.6 Å². The quantitative estimate of drug-likeness (QED) is 0.502. The van der Waals surface area contributed by atoms with E-state index >= 15 is 0 Å². The molecule has 1 atom stereocenters. The molecule has 1 saturated carbocycles. The molecular weight excluding hydrogens is 400 g/mol. The van der Waals surface area contributed by atoms with E-state index in [-0.39, 0.29) is 12.1 Å². The van der Waals surface area contributed by atoms with Crippen molar-refractivity contribution in [1.82, 2.24) is 9.88 Å². The third-order valence-electron chi connectivity index (χ3n) is 7.17. The first-order valence-electron chi connectivity index (χ1n) is 11.8. The Morgan fingerprint density at radius 1 is 1.16 bits per heavy atom. The van der Waals surface area contributed by atoms with Crippen molar-refractivity contribution in [3.8, 4) is 11.5 Å². The third-order valence-corrected chi connectivity index (χ3v) is 7.17. The summed E-state index contributed by atoms with van der Waals surface area (Å²) in [7, 11) is 1.71. The molecule has 1 aromatic heterocycles. The maximum Gasteiger partial charge on any atom is 0.210 e. The number of nitrogens with one attached hydrogen (secondary N) is 1. The molecule has 0 bridgehead atoms. The van der Waals surface area contributed by atoms with Gasteiger partial charge in [0.25, 0.3) is 0 Å². The second-order valence-electron chi connectivity index (χ2n) is 9.24. The van der Waals surface area contributed by atoms with Gasteiger partial charge in [0.05, 0.1) is 19.3 Å². The van der Waals surface area contributed by atoms with Crippen LogP contribution in [0.15, 0.2) is 36.5 Å². The Hall–Kier alpha value is -2.95. The highest BCUT2D eigenvalue weighted by atomic mass is 16.5. The molecule has 3 aromatic rings. The fourth-order valence-electron chi connectivity index (χ4n) is 5.41. The van der Waals surface area contributed by atoms with Crippen molar-refractivity contribution in [2.24, 2.45) is 0 Å². The van der Waals surface area contributed by atoms with Crippen LogP contribution in [0.1, 0.15) is 60.4 Å². The summed E-state index contributed by atoms with van der Waals surface area (Å²) in [6.07, 6.45) is 10.7. The number of hydrogen-bond donors (Lipinski definition) is 1. The number of rotatable bonds is 7. The Balaban J connectivity index is 1.44. The molecule has 1 aliphatic carbocycles. The van der Waals surface area contributed by atoms with E-state index in [9.17, 15) is 4.79 Å². The zero-order valence-electron chi connectivity index (χ0n) is 19.0. The summed E-state index contributed by atoms with van der Waals surface area (Å²) in [5, 5.41) is 1.27. The number of aryl methyl sites for hydroxylation is 2. The first-order chi connectivity index (χ1) is 15.7. The Morgan fingerprint density at radius 3 is 2.78 bits per heavy atom. The molecule has 1 fully saturated rings. The highest BCUT2D eigenvalue weighted by Gasteiger charge is 2.29. The second-order valence-corrected chi connectivity index (χ2v) is 9.24. The SMILES string of the molecule is COc1cc2c(cc1OC1CCCC1)[C@@H](CCc1c[nH]c3cc(C)ccc13)N(C=O)CC2. The van der Waals surface area contributed by atoms with Gasteiger partial charge in [0, 0.05) is 23.6 Å². The summed E-state index contributed by atoms with van der Waals surface area (Å²) < 4.78 is 12.0. The molecule has 1 aliphatic heterocycles. The standard InChI is InChI=1S/C27H32N2O3/c1-18-7-9-22-20(16-28-24(22)13-18)8-10-25-23-15-27(32-21-5-3-4-6-21)26(31-2)14-19(23)11-12-29(25)17-30/h7,9,13-17,21,25,28H,3-6,8,10-12H2,1-2H3/t25-/m1/s1. The number of H-pyrrole nitrogens is 1. The van der Waals surface area contributed by atoms with Gasteiger partial charge in [0.15, 0.2) is 11.5 Å². The number of carbonyl (C=O) groups is 1. The topological polar surface area (TPSA) is 54.6 Å². The fourth-order valence-corrected chi connectivity index (χ4v) is 5.41. The van der Waals surface area contributed by atoms with Gasteiger partial charge in [-0.3, -0.25) is 4.79 Å². The molecule has 0 unspecified atom stereocenters. The fraction of sp³-hybridized carbons (Fsp3) is 0.444. The molecule has 5 rings (SSSR count). The predicted molar refractivity (Wildman–Crippen MR) is 126 cm³/mol. The number of fused-ring (bicyclic) bond motifs is 2.